The Morgan fingerprint density at radius 1 is 1.44 bits per heavy atom. The Kier molecular flexibility index (Phi) is 2.63. The maximum atomic E-state index is 11.6. The van der Waals surface area contributed by atoms with E-state index in [4.69, 9.17) is 10.5 Å². The van der Waals surface area contributed by atoms with Gasteiger partial charge in [0.05, 0.1) is 22.8 Å². The van der Waals surface area contributed by atoms with Crippen molar-refractivity contribution in [1.82, 2.24) is 4.57 Å². The third-order valence-corrected chi connectivity index (χ3v) is 3.37. The molecule has 0 saturated heterocycles. The molecule has 0 saturated carbocycles. The summed E-state index contributed by atoms with van der Waals surface area (Å²) in [5.74, 6) is 0.713. The van der Waals surface area contributed by atoms with E-state index in [1.807, 2.05) is 12.1 Å². The van der Waals surface area contributed by atoms with Gasteiger partial charge in [0.2, 0.25) is 0 Å². The van der Waals surface area contributed by atoms with E-state index in [1.165, 1.54) is 4.57 Å². The lowest BCUT2D eigenvalue weighted by molar-refractivity contribution is 0.413. The lowest BCUT2D eigenvalue weighted by Gasteiger charge is -2.10. The van der Waals surface area contributed by atoms with Crippen LogP contribution in [0.3, 0.4) is 0 Å². The van der Waals surface area contributed by atoms with Crippen molar-refractivity contribution in [2.24, 2.45) is 7.05 Å². The Morgan fingerprint density at radius 2 is 2.12 bits per heavy atom. The second kappa shape index (κ2) is 3.83. The fourth-order valence-electron chi connectivity index (χ4n) is 1.67. The van der Waals surface area contributed by atoms with E-state index in [0.717, 1.165) is 15.4 Å². The van der Waals surface area contributed by atoms with Crippen LogP contribution in [-0.2, 0) is 7.05 Å². The van der Waals surface area contributed by atoms with E-state index in [-0.39, 0.29) is 11.2 Å². The summed E-state index contributed by atoms with van der Waals surface area (Å²) < 4.78 is 7.51. The number of aryl methyl sites for hydroxylation is 1. The van der Waals surface area contributed by atoms with E-state index >= 15 is 0 Å². The molecule has 0 amide bonds. The van der Waals surface area contributed by atoms with Crippen molar-refractivity contribution in [3.63, 3.8) is 0 Å². The van der Waals surface area contributed by atoms with Crippen LogP contribution < -0.4 is 16.0 Å². The van der Waals surface area contributed by atoms with Crippen molar-refractivity contribution in [2.75, 3.05) is 12.8 Å². The highest BCUT2D eigenvalue weighted by atomic mass is 79.9. The molecule has 0 bridgehead atoms. The van der Waals surface area contributed by atoms with Crippen LogP contribution in [0.15, 0.2) is 27.5 Å². The van der Waals surface area contributed by atoms with Crippen LogP contribution in [0.5, 0.6) is 5.75 Å². The van der Waals surface area contributed by atoms with E-state index in [2.05, 4.69) is 15.9 Å². The minimum Gasteiger partial charge on any atom is -0.496 e. The quantitative estimate of drug-likeness (QED) is 0.869. The summed E-state index contributed by atoms with van der Waals surface area (Å²) in [5.41, 5.74) is 6.50. The molecule has 0 aliphatic heterocycles. The Morgan fingerprint density at radius 3 is 2.75 bits per heavy atom. The normalized spacial score (nSPS) is 10.7. The van der Waals surface area contributed by atoms with Crippen LogP contribution >= 0.6 is 15.9 Å². The molecule has 0 atom stereocenters. The number of benzene rings is 1. The highest BCUT2D eigenvalue weighted by molar-refractivity contribution is 9.10. The van der Waals surface area contributed by atoms with E-state index in [9.17, 15) is 4.79 Å². The monoisotopic (exact) mass is 282 g/mol. The summed E-state index contributed by atoms with van der Waals surface area (Å²) in [6.45, 7) is 0. The first-order chi connectivity index (χ1) is 7.56. The van der Waals surface area contributed by atoms with Gasteiger partial charge in [0.1, 0.15) is 5.75 Å². The van der Waals surface area contributed by atoms with Crippen LogP contribution in [0.4, 0.5) is 5.69 Å². The number of halogens is 1. The number of rotatable bonds is 1. The Bertz CT molecular complexity index is 619. The lowest BCUT2D eigenvalue weighted by Crippen LogP contribution is -2.20. The molecule has 2 rings (SSSR count). The van der Waals surface area contributed by atoms with E-state index in [0.29, 0.717) is 5.75 Å². The number of nitrogens with two attached hydrogens (primary N) is 1. The van der Waals surface area contributed by atoms with Crippen molar-refractivity contribution >= 4 is 32.5 Å². The second-order valence-electron chi connectivity index (χ2n) is 3.48. The fourth-order valence-corrected chi connectivity index (χ4v) is 2.28. The Labute approximate surface area is 101 Å². The highest BCUT2D eigenvalue weighted by Crippen LogP contribution is 2.32. The molecular formula is C11H11BrN2O2. The molecule has 0 spiro atoms. The Hall–Kier alpha value is -1.49. The van der Waals surface area contributed by atoms with Gasteiger partial charge in [-0.2, -0.15) is 0 Å². The van der Waals surface area contributed by atoms with Crippen molar-refractivity contribution in [3.05, 3.63) is 33.0 Å². The van der Waals surface area contributed by atoms with E-state index in [1.54, 1.807) is 20.2 Å². The number of pyridine rings is 1. The van der Waals surface area contributed by atoms with Gasteiger partial charge in [0.15, 0.2) is 0 Å². The molecule has 2 N–H and O–H groups in total. The highest BCUT2D eigenvalue weighted by Gasteiger charge is 2.10. The zero-order valence-electron chi connectivity index (χ0n) is 8.95. The van der Waals surface area contributed by atoms with Crippen molar-refractivity contribution < 1.29 is 4.74 Å². The van der Waals surface area contributed by atoms with Gasteiger partial charge in [-0.05, 0) is 34.1 Å². The predicted octanol–water partition coefficient (Wildman–Crippen LogP) is 1.89. The molecular weight excluding hydrogens is 272 g/mol. The number of hydrogen-bond acceptors (Lipinski definition) is 3. The van der Waals surface area contributed by atoms with Crippen molar-refractivity contribution in [2.45, 2.75) is 0 Å². The van der Waals surface area contributed by atoms with Crippen LogP contribution in [0.25, 0.3) is 10.9 Å². The zero-order valence-corrected chi connectivity index (χ0v) is 10.5. The number of aromatic nitrogens is 1. The maximum Gasteiger partial charge on any atom is 0.273 e. The van der Waals surface area contributed by atoms with Crippen LogP contribution in [0.1, 0.15) is 0 Å². The summed E-state index contributed by atoms with van der Waals surface area (Å²) in [6.07, 6.45) is 0. The first-order valence-corrected chi connectivity index (χ1v) is 5.47. The number of fused-ring (bicyclic) bond motifs is 1. The molecule has 16 heavy (non-hydrogen) atoms. The molecule has 5 heteroatoms. The first kappa shape index (κ1) is 11.0. The third kappa shape index (κ3) is 1.48. The van der Waals surface area contributed by atoms with Gasteiger partial charge >= 0.3 is 0 Å². The topological polar surface area (TPSA) is 57.2 Å². The van der Waals surface area contributed by atoms with Gasteiger partial charge in [-0.25, -0.2) is 0 Å². The minimum atomic E-state index is -0.190. The summed E-state index contributed by atoms with van der Waals surface area (Å²) in [5, 5.41) is 0.860. The minimum absolute atomic E-state index is 0.190. The average molecular weight is 283 g/mol. The number of hydrogen-bond donors (Lipinski definition) is 1. The van der Waals surface area contributed by atoms with Gasteiger partial charge in [-0.15, -0.1) is 0 Å². The summed E-state index contributed by atoms with van der Waals surface area (Å²) in [4.78, 5) is 11.6. The summed E-state index contributed by atoms with van der Waals surface area (Å²) in [7, 11) is 3.29. The van der Waals surface area contributed by atoms with Crippen LogP contribution in [0, 0.1) is 0 Å². The third-order valence-electron chi connectivity index (χ3n) is 2.55. The molecule has 0 radical (unpaired) electrons. The molecule has 2 aromatic rings. The molecule has 1 aromatic heterocycles. The number of anilines is 1. The number of nitrogen functional groups attached to an aromatic ring is 1. The molecule has 0 fully saturated rings. The summed E-state index contributed by atoms with van der Waals surface area (Å²) >= 11 is 3.44. The van der Waals surface area contributed by atoms with Gasteiger partial charge in [0, 0.05) is 12.4 Å². The van der Waals surface area contributed by atoms with E-state index < -0.39 is 0 Å². The molecule has 0 aliphatic carbocycles. The van der Waals surface area contributed by atoms with Gasteiger partial charge in [-0.3, -0.25) is 4.79 Å². The predicted molar refractivity (Wildman–Crippen MR) is 67.9 cm³/mol. The Balaban J connectivity index is 2.96. The van der Waals surface area contributed by atoms with Gasteiger partial charge in [0.25, 0.3) is 5.56 Å². The van der Waals surface area contributed by atoms with Crippen molar-refractivity contribution in [1.29, 1.82) is 0 Å². The molecule has 1 heterocycles. The maximum absolute atomic E-state index is 11.6. The van der Waals surface area contributed by atoms with Gasteiger partial charge in [-0.1, -0.05) is 0 Å². The standard InChI is InChI=1S/C11H11BrN2O2/c1-14-8-3-4-9(16-2)10(12)6(8)5-7(13)11(14)15/h3-5H,13H2,1-2H3. The lowest BCUT2D eigenvalue weighted by atomic mass is 10.2. The number of nitrogens with zero attached hydrogens (tertiary/aromatic N) is 1. The second-order valence-corrected chi connectivity index (χ2v) is 4.27. The van der Waals surface area contributed by atoms with Crippen molar-refractivity contribution in [3.8, 4) is 5.75 Å². The first-order valence-electron chi connectivity index (χ1n) is 4.68. The molecule has 0 aliphatic rings. The zero-order chi connectivity index (χ0) is 11.9. The molecule has 0 unspecified atom stereocenters. The summed E-state index contributed by atoms with van der Waals surface area (Å²) in [6, 6.07) is 5.30. The average Bonchev–Trinajstić information content (AvgIpc) is 2.28. The van der Waals surface area contributed by atoms with Crippen LogP contribution in [-0.4, -0.2) is 11.7 Å². The smallest absolute Gasteiger partial charge is 0.273 e. The molecule has 1 aromatic carbocycles. The molecule has 84 valence electrons. The SMILES string of the molecule is COc1ccc2c(cc(N)c(=O)n2C)c1Br. The number of methoxy groups -OCH3 is 1. The molecule has 4 nitrogen and oxygen atoms in total. The van der Waals surface area contributed by atoms with Gasteiger partial charge < -0.3 is 15.0 Å². The largest absolute Gasteiger partial charge is 0.496 e. The number of ether oxygens (including phenoxy) is 1. The fraction of sp³-hybridized carbons (Fsp3) is 0.182. The van der Waals surface area contributed by atoms with Crippen LogP contribution in [0.2, 0.25) is 0 Å².